The van der Waals surface area contributed by atoms with Crippen molar-refractivity contribution in [2.24, 2.45) is 0 Å². The Balaban J connectivity index is 1.27. The van der Waals surface area contributed by atoms with Crippen LogP contribution in [0.25, 0.3) is 17.0 Å². The number of thiophene rings is 1. The zero-order valence-electron chi connectivity index (χ0n) is 22.2. The van der Waals surface area contributed by atoms with E-state index in [0.29, 0.717) is 17.7 Å². The largest absolute Gasteiger partial charge is 0.361 e. The zero-order chi connectivity index (χ0) is 28.6. The third kappa shape index (κ3) is 7.33. The number of benzene rings is 3. The number of nitrogens with one attached hydrogen (secondary N) is 4. The Labute approximate surface area is 246 Å². The van der Waals surface area contributed by atoms with Gasteiger partial charge < -0.3 is 20.9 Å². The van der Waals surface area contributed by atoms with Gasteiger partial charge in [-0.3, -0.25) is 14.4 Å². The summed E-state index contributed by atoms with van der Waals surface area (Å²) in [6, 6.07) is 25.7. The minimum atomic E-state index is -0.452. The lowest BCUT2D eigenvalue weighted by atomic mass is 10.2. The van der Waals surface area contributed by atoms with Crippen LogP contribution < -0.4 is 16.0 Å². The van der Waals surface area contributed by atoms with E-state index in [9.17, 15) is 14.4 Å². The molecule has 0 aliphatic heterocycles. The Bertz CT molecular complexity index is 1690. The van der Waals surface area contributed by atoms with Crippen molar-refractivity contribution in [1.82, 2.24) is 10.3 Å². The molecule has 0 radical (unpaired) electrons. The molecule has 1 atom stereocenters. The van der Waals surface area contributed by atoms with Gasteiger partial charge in [-0.25, -0.2) is 0 Å². The van der Waals surface area contributed by atoms with Crippen LogP contribution >= 0.6 is 23.1 Å². The normalized spacial score (nSPS) is 12.1. The van der Waals surface area contributed by atoms with Gasteiger partial charge in [0.05, 0.1) is 5.25 Å². The van der Waals surface area contributed by atoms with Gasteiger partial charge in [0, 0.05) is 33.5 Å². The molecule has 9 heteroatoms. The monoisotopic (exact) mass is 580 g/mol. The first-order valence-corrected chi connectivity index (χ1v) is 14.9. The van der Waals surface area contributed by atoms with E-state index in [1.54, 1.807) is 36.4 Å². The van der Waals surface area contributed by atoms with Crippen molar-refractivity contribution in [3.05, 3.63) is 119 Å². The summed E-state index contributed by atoms with van der Waals surface area (Å²) in [6.07, 6.45) is 4.13. The van der Waals surface area contributed by atoms with Crippen molar-refractivity contribution in [2.75, 3.05) is 10.6 Å². The maximum atomic E-state index is 13.3. The molecule has 3 aromatic carbocycles. The first kappa shape index (κ1) is 27.9. The van der Waals surface area contributed by atoms with Crippen LogP contribution in [-0.2, 0) is 9.59 Å². The molecule has 7 nitrogen and oxygen atoms in total. The fraction of sp³-hybridized carbons (Fsp3) is 0.0938. The van der Waals surface area contributed by atoms with Crippen LogP contribution in [0.5, 0.6) is 0 Å². The topological polar surface area (TPSA) is 103 Å². The van der Waals surface area contributed by atoms with Crippen LogP contribution in [0.3, 0.4) is 0 Å². The number of anilines is 2. The molecule has 1 unspecified atom stereocenters. The van der Waals surface area contributed by atoms with Crippen molar-refractivity contribution >= 4 is 69.2 Å². The molecule has 2 heterocycles. The summed E-state index contributed by atoms with van der Waals surface area (Å²) >= 11 is 2.93. The molecule has 0 saturated carbocycles. The molecule has 0 bridgehead atoms. The fourth-order valence-electron chi connectivity index (χ4n) is 4.15. The summed E-state index contributed by atoms with van der Waals surface area (Å²) in [7, 11) is 0. The average Bonchev–Trinajstić information content (AvgIpc) is 3.68. The molecule has 0 fully saturated rings. The molecule has 5 aromatic rings. The highest BCUT2D eigenvalue weighted by molar-refractivity contribution is 8.00. The van der Waals surface area contributed by atoms with Crippen LogP contribution in [0.15, 0.2) is 112 Å². The molecule has 0 spiro atoms. The minimum absolute atomic E-state index is 0.0950. The maximum Gasteiger partial charge on any atom is 0.272 e. The van der Waals surface area contributed by atoms with Crippen LogP contribution in [0.2, 0.25) is 0 Å². The number of hydrogen-bond donors (Lipinski definition) is 4. The number of H-pyrrole nitrogens is 1. The van der Waals surface area contributed by atoms with E-state index in [0.717, 1.165) is 27.0 Å². The van der Waals surface area contributed by atoms with Crippen LogP contribution in [0, 0.1) is 0 Å². The quantitative estimate of drug-likeness (QED) is 0.104. The van der Waals surface area contributed by atoms with E-state index in [2.05, 4.69) is 20.9 Å². The summed E-state index contributed by atoms with van der Waals surface area (Å²) in [6.45, 7) is 1.97. The molecule has 0 aliphatic rings. The van der Waals surface area contributed by atoms with Crippen molar-refractivity contribution < 1.29 is 14.4 Å². The van der Waals surface area contributed by atoms with Gasteiger partial charge in [-0.15, -0.1) is 11.8 Å². The van der Waals surface area contributed by atoms with Crippen molar-refractivity contribution in [1.29, 1.82) is 0 Å². The van der Waals surface area contributed by atoms with Crippen LogP contribution in [0.4, 0.5) is 11.4 Å². The van der Waals surface area contributed by atoms with E-state index < -0.39 is 5.91 Å². The molecule has 206 valence electrons. The maximum absolute atomic E-state index is 13.3. The van der Waals surface area contributed by atoms with Gasteiger partial charge in [-0.1, -0.05) is 37.3 Å². The van der Waals surface area contributed by atoms with Gasteiger partial charge in [-0.2, -0.15) is 11.3 Å². The van der Waals surface area contributed by atoms with Gasteiger partial charge in [0.25, 0.3) is 11.8 Å². The zero-order valence-corrected chi connectivity index (χ0v) is 23.9. The number of rotatable bonds is 10. The molecular weight excluding hydrogens is 553 g/mol. The van der Waals surface area contributed by atoms with E-state index in [4.69, 9.17) is 0 Å². The second-order valence-corrected chi connectivity index (χ2v) is 11.3. The van der Waals surface area contributed by atoms with Gasteiger partial charge in [0.2, 0.25) is 5.91 Å². The SMILES string of the molecule is CCC(Sc1cccc(NC(=O)/C(=C/c2ccsc2)NC(=O)c2ccccc2)c1)C(=O)Nc1ccc2cc[nH]c2c1. The van der Waals surface area contributed by atoms with Crippen LogP contribution in [0.1, 0.15) is 29.3 Å². The Morgan fingerprint density at radius 2 is 1.76 bits per heavy atom. The number of amides is 3. The number of thioether (sulfide) groups is 1. The number of aromatic nitrogens is 1. The third-order valence-corrected chi connectivity index (χ3v) is 8.30. The third-order valence-electron chi connectivity index (χ3n) is 6.24. The highest BCUT2D eigenvalue weighted by Crippen LogP contribution is 2.29. The molecule has 0 aliphatic carbocycles. The lowest BCUT2D eigenvalue weighted by molar-refractivity contribution is -0.116. The lowest BCUT2D eigenvalue weighted by Crippen LogP contribution is -2.30. The molecule has 41 heavy (non-hydrogen) atoms. The lowest BCUT2D eigenvalue weighted by Gasteiger charge is -2.16. The average molecular weight is 581 g/mol. The molecule has 0 saturated heterocycles. The molecular formula is C32H28N4O3S2. The number of aromatic amines is 1. The molecule has 2 aromatic heterocycles. The Morgan fingerprint density at radius 3 is 2.54 bits per heavy atom. The Morgan fingerprint density at radius 1 is 0.927 bits per heavy atom. The van der Waals surface area contributed by atoms with Gasteiger partial charge in [-0.05, 0) is 88.8 Å². The summed E-state index contributed by atoms with van der Waals surface area (Å²) in [5.74, 6) is -0.923. The Hall–Kier alpha value is -4.60. The first-order chi connectivity index (χ1) is 20.0. The predicted molar refractivity (Wildman–Crippen MR) is 168 cm³/mol. The number of fused-ring (bicyclic) bond motifs is 1. The molecule has 4 N–H and O–H groups in total. The molecule has 5 rings (SSSR count). The number of hydrogen-bond acceptors (Lipinski definition) is 5. The number of carbonyl (C=O) groups is 3. The summed E-state index contributed by atoms with van der Waals surface area (Å²) in [5, 5.41) is 13.2. The van der Waals surface area contributed by atoms with Gasteiger partial charge in [0.15, 0.2) is 0 Å². The van der Waals surface area contributed by atoms with E-state index in [-0.39, 0.29) is 22.8 Å². The van der Waals surface area contributed by atoms with E-state index in [1.807, 2.05) is 78.5 Å². The van der Waals surface area contributed by atoms with E-state index in [1.165, 1.54) is 23.1 Å². The van der Waals surface area contributed by atoms with Crippen molar-refractivity contribution in [3.8, 4) is 0 Å². The molecule has 3 amide bonds. The van der Waals surface area contributed by atoms with Crippen molar-refractivity contribution in [2.45, 2.75) is 23.5 Å². The predicted octanol–water partition coefficient (Wildman–Crippen LogP) is 7.15. The summed E-state index contributed by atoms with van der Waals surface area (Å²) in [4.78, 5) is 43.2. The minimum Gasteiger partial charge on any atom is -0.361 e. The second kappa shape index (κ2) is 13.2. The van der Waals surface area contributed by atoms with Crippen LogP contribution in [-0.4, -0.2) is 28.0 Å². The second-order valence-electron chi connectivity index (χ2n) is 9.20. The Kier molecular flexibility index (Phi) is 8.98. The highest BCUT2D eigenvalue weighted by atomic mass is 32.2. The smallest absolute Gasteiger partial charge is 0.272 e. The highest BCUT2D eigenvalue weighted by Gasteiger charge is 2.19. The summed E-state index contributed by atoms with van der Waals surface area (Å²) < 4.78 is 0. The number of carbonyl (C=O) groups excluding carboxylic acids is 3. The standard InChI is InChI=1S/C32H28N4O3S2/c1-2-29(32(39)35-25-12-11-22-13-15-33-27(22)19-25)41-26-10-6-9-24(18-26)34-31(38)28(17-21-14-16-40-20-21)36-30(37)23-7-4-3-5-8-23/h3-20,29,33H,2H2,1H3,(H,34,38)(H,35,39)(H,36,37)/b28-17-. The van der Waals surface area contributed by atoms with E-state index >= 15 is 0 Å². The van der Waals surface area contributed by atoms with Gasteiger partial charge >= 0.3 is 0 Å². The summed E-state index contributed by atoms with van der Waals surface area (Å²) in [5.41, 5.74) is 3.63. The van der Waals surface area contributed by atoms with Gasteiger partial charge in [0.1, 0.15) is 5.70 Å². The van der Waals surface area contributed by atoms with Crippen molar-refractivity contribution in [3.63, 3.8) is 0 Å². The first-order valence-electron chi connectivity index (χ1n) is 13.0. The fourth-order valence-corrected chi connectivity index (χ4v) is 5.78.